The third-order valence-electron chi connectivity index (χ3n) is 3.21. The highest BCUT2D eigenvalue weighted by Crippen LogP contribution is 2.28. The summed E-state index contributed by atoms with van der Waals surface area (Å²) in [5.41, 5.74) is 2.34. The number of halogens is 3. The average molecular weight is 433 g/mol. The van der Waals surface area contributed by atoms with Crippen LogP contribution in [-0.2, 0) is 6.42 Å². The molecule has 0 radical (unpaired) electrons. The van der Waals surface area contributed by atoms with Gasteiger partial charge in [0.1, 0.15) is 0 Å². The van der Waals surface area contributed by atoms with Gasteiger partial charge >= 0.3 is 0 Å². The molecule has 2 aromatic rings. The molecule has 0 bridgehead atoms. The molecule has 0 aliphatic carbocycles. The minimum atomic E-state index is 0.221. The van der Waals surface area contributed by atoms with E-state index in [0.717, 1.165) is 38.9 Å². The molecule has 2 rings (SSSR count). The van der Waals surface area contributed by atoms with Crippen LogP contribution in [0.4, 0.5) is 0 Å². The highest BCUT2D eigenvalue weighted by Gasteiger charge is 2.14. The molecule has 0 aliphatic rings. The van der Waals surface area contributed by atoms with Gasteiger partial charge in [-0.1, -0.05) is 50.4 Å². The van der Waals surface area contributed by atoms with Crippen molar-refractivity contribution in [2.24, 2.45) is 0 Å². The van der Waals surface area contributed by atoms with Gasteiger partial charge in [0.25, 0.3) is 0 Å². The molecule has 1 N–H and O–H groups in total. The Bertz CT molecular complexity index is 584. The fraction of sp³-hybridized carbons (Fsp3) is 0.312. The average Bonchev–Trinajstić information content (AvgIpc) is 2.44. The van der Waals surface area contributed by atoms with Gasteiger partial charge in [-0.25, -0.2) is 0 Å². The van der Waals surface area contributed by atoms with E-state index in [1.54, 1.807) is 12.4 Å². The first-order valence-electron chi connectivity index (χ1n) is 6.88. The predicted molar refractivity (Wildman–Crippen MR) is 95.8 cm³/mol. The zero-order valence-corrected chi connectivity index (χ0v) is 15.7. The quantitative estimate of drug-likeness (QED) is 0.648. The van der Waals surface area contributed by atoms with E-state index in [4.69, 9.17) is 11.6 Å². The Labute approximate surface area is 147 Å². The van der Waals surface area contributed by atoms with Crippen LogP contribution in [0.2, 0.25) is 5.02 Å². The summed E-state index contributed by atoms with van der Waals surface area (Å²) in [6.07, 6.45) is 5.42. The maximum absolute atomic E-state index is 6.24. The van der Waals surface area contributed by atoms with E-state index in [9.17, 15) is 0 Å². The van der Waals surface area contributed by atoms with Gasteiger partial charge in [-0.05, 0) is 54.8 Å². The zero-order valence-electron chi connectivity index (χ0n) is 11.7. The van der Waals surface area contributed by atoms with E-state index in [2.05, 4.69) is 61.2 Å². The van der Waals surface area contributed by atoms with Gasteiger partial charge < -0.3 is 5.32 Å². The van der Waals surface area contributed by atoms with Crippen molar-refractivity contribution in [3.8, 4) is 0 Å². The standard InChI is InChI=1S/C16H17Br2ClN2/c1-2-4-21-16(8-11-3-5-20-10-15(11)19)12-6-13(17)9-14(18)7-12/h3,5-7,9-10,16,21H,2,4,8H2,1H3. The Morgan fingerprint density at radius 2 is 1.95 bits per heavy atom. The van der Waals surface area contributed by atoms with E-state index < -0.39 is 0 Å². The minimum absolute atomic E-state index is 0.221. The first kappa shape index (κ1) is 16.9. The molecular formula is C16H17Br2ClN2. The molecule has 0 aliphatic heterocycles. The van der Waals surface area contributed by atoms with E-state index >= 15 is 0 Å². The molecule has 1 aromatic heterocycles. The lowest BCUT2D eigenvalue weighted by atomic mass is 9.99. The van der Waals surface area contributed by atoms with Gasteiger partial charge in [0.2, 0.25) is 0 Å². The molecule has 112 valence electrons. The smallest absolute Gasteiger partial charge is 0.0622 e. The summed E-state index contributed by atoms with van der Waals surface area (Å²) in [7, 11) is 0. The topological polar surface area (TPSA) is 24.9 Å². The number of pyridine rings is 1. The van der Waals surface area contributed by atoms with Crippen LogP contribution in [0, 0.1) is 0 Å². The summed E-state index contributed by atoms with van der Waals surface area (Å²) in [4.78, 5) is 4.05. The van der Waals surface area contributed by atoms with Crippen LogP contribution >= 0.6 is 43.5 Å². The molecule has 2 nitrogen and oxygen atoms in total. The molecule has 5 heteroatoms. The van der Waals surface area contributed by atoms with Crippen molar-refractivity contribution in [1.29, 1.82) is 0 Å². The third kappa shape index (κ3) is 5.06. The maximum atomic E-state index is 6.24. The van der Waals surface area contributed by atoms with E-state index in [1.807, 2.05) is 12.1 Å². The molecule has 1 aromatic carbocycles. The van der Waals surface area contributed by atoms with Crippen molar-refractivity contribution in [3.05, 3.63) is 61.8 Å². The highest BCUT2D eigenvalue weighted by atomic mass is 79.9. The summed E-state index contributed by atoms with van der Waals surface area (Å²) in [5, 5.41) is 4.31. The van der Waals surface area contributed by atoms with Crippen LogP contribution < -0.4 is 5.32 Å². The van der Waals surface area contributed by atoms with E-state index in [0.29, 0.717) is 0 Å². The summed E-state index contributed by atoms with van der Waals surface area (Å²) in [5.74, 6) is 0. The number of hydrogen-bond donors (Lipinski definition) is 1. The number of benzene rings is 1. The van der Waals surface area contributed by atoms with Gasteiger partial charge in [0.05, 0.1) is 5.02 Å². The second-order valence-electron chi connectivity index (χ2n) is 4.88. The molecule has 21 heavy (non-hydrogen) atoms. The Hall–Kier alpha value is -0.420. The summed E-state index contributed by atoms with van der Waals surface area (Å²) < 4.78 is 2.13. The second-order valence-corrected chi connectivity index (χ2v) is 7.12. The van der Waals surface area contributed by atoms with Crippen molar-refractivity contribution < 1.29 is 0 Å². The van der Waals surface area contributed by atoms with E-state index in [1.165, 1.54) is 5.56 Å². The first-order valence-corrected chi connectivity index (χ1v) is 8.84. The number of rotatable bonds is 6. The molecule has 0 fully saturated rings. The lowest BCUT2D eigenvalue weighted by molar-refractivity contribution is 0.529. The molecule has 1 heterocycles. The van der Waals surface area contributed by atoms with Crippen LogP contribution in [0.15, 0.2) is 45.6 Å². The maximum Gasteiger partial charge on any atom is 0.0622 e. The first-order chi connectivity index (χ1) is 10.1. The van der Waals surface area contributed by atoms with Crippen molar-refractivity contribution in [2.75, 3.05) is 6.54 Å². The van der Waals surface area contributed by atoms with Crippen molar-refractivity contribution in [2.45, 2.75) is 25.8 Å². The van der Waals surface area contributed by atoms with Crippen LogP contribution in [0.25, 0.3) is 0 Å². The summed E-state index contributed by atoms with van der Waals surface area (Å²) in [6.45, 7) is 3.14. The fourth-order valence-corrected chi connectivity index (χ4v) is 3.72. The third-order valence-corrected chi connectivity index (χ3v) is 4.46. The largest absolute Gasteiger partial charge is 0.310 e. The molecular weight excluding hydrogens is 415 g/mol. The Morgan fingerprint density at radius 1 is 1.24 bits per heavy atom. The molecule has 1 atom stereocenters. The van der Waals surface area contributed by atoms with Gasteiger partial charge in [-0.2, -0.15) is 0 Å². The lowest BCUT2D eigenvalue weighted by Crippen LogP contribution is -2.24. The molecule has 1 unspecified atom stereocenters. The Balaban J connectivity index is 2.27. The molecule has 0 saturated heterocycles. The van der Waals surface area contributed by atoms with Gasteiger partial charge in [-0.15, -0.1) is 0 Å². The predicted octanol–water partition coefficient (Wildman–Crippen LogP) is 5.54. The molecule has 0 spiro atoms. The number of hydrogen-bond acceptors (Lipinski definition) is 2. The summed E-state index contributed by atoms with van der Waals surface area (Å²) >= 11 is 13.4. The monoisotopic (exact) mass is 430 g/mol. The number of nitrogens with one attached hydrogen (secondary N) is 1. The number of aromatic nitrogens is 1. The van der Waals surface area contributed by atoms with Crippen molar-refractivity contribution >= 4 is 43.5 Å². The van der Waals surface area contributed by atoms with E-state index in [-0.39, 0.29) is 6.04 Å². The normalized spacial score (nSPS) is 12.4. The minimum Gasteiger partial charge on any atom is -0.310 e. The van der Waals surface area contributed by atoms with Gasteiger partial charge in [0, 0.05) is 27.4 Å². The van der Waals surface area contributed by atoms with Crippen molar-refractivity contribution in [1.82, 2.24) is 10.3 Å². The van der Waals surface area contributed by atoms with Gasteiger partial charge in [0.15, 0.2) is 0 Å². The second kappa shape index (κ2) is 8.28. The Kier molecular flexibility index (Phi) is 6.68. The molecule has 0 saturated carbocycles. The highest BCUT2D eigenvalue weighted by molar-refractivity contribution is 9.11. The SMILES string of the molecule is CCCNC(Cc1ccncc1Cl)c1cc(Br)cc(Br)c1. The lowest BCUT2D eigenvalue weighted by Gasteiger charge is -2.20. The summed E-state index contributed by atoms with van der Waals surface area (Å²) in [6, 6.07) is 8.54. The van der Waals surface area contributed by atoms with Crippen LogP contribution in [0.1, 0.15) is 30.5 Å². The molecule has 0 amide bonds. The Morgan fingerprint density at radius 3 is 2.57 bits per heavy atom. The number of nitrogens with zero attached hydrogens (tertiary/aromatic N) is 1. The zero-order chi connectivity index (χ0) is 15.2. The van der Waals surface area contributed by atoms with Crippen LogP contribution in [-0.4, -0.2) is 11.5 Å². The van der Waals surface area contributed by atoms with Crippen molar-refractivity contribution in [3.63, 3.8) is 0 Å². The fourth-order valence-electron chi connectivity index (χ4n) is 2.19. The van der Waals surface area contributed by atoms with Crippen LogP contribution in [0.3, 0.4) is 0 Å². The van der Waals surface area contributed by atoms with Crippen LogP contribution in [0.5, 0.6) is 0 Å². The van der Waals surface area contributed by atoms with Gasteiger partial charge in [-0.3, -0.25) is 4.98 Å².